The molecule has 1 heterocycles. The molecule has 0 radical (unpaired) electrons. The van der Waals surface area contributed by atoms with Crippen LogP contribution in [0.2, 0.25) is 0 Å². The van der Waals surface area contributed by atoms with E-state index in [9.17, 15) is 5.11 Å². The monoisotopic (exact) mass is 195 g/mol. The average Bonchev–Trinajstić information content (AvgIpc) is 2.03. The van der Waals surface area contributed by atoms with Gasteiger partial charge in [-0.15, -0.1) is 0 Å². The van der Waals surface area contributed by atoms with Gasteiger partial charge in [0.1, 0.15) is 0 Å². The van der Waals surface area contributed by atoms with E-state index in [0.717, 1.165) is 24.3 Å². The van der Waals surface area contributed by atoms with Crippen molar-refractivity contribution in [3.8, 4) is 0 Å². The van der Waals surface area contributed by atoms with Crippen molar-refractivity contribution in [2.75, 3.05) is 13.1 Å². The first-order chi connectivity index (χ1) is 6.77. The Bertz CT molecular complexity index is 208. The molecule has 80 valence electrons. The highest BCUT2D eigenvalue weighted by molar-refractivity contribution is 5.02. The Morgan fingerprint density at radius 3 is 2.14 bits per heavy atom. The van der Waals surface area contributed by atoms with Gasteiger partial charge in [0.25, 0.3) is 0 Å². The van der Waals surface area contributed by atoms with Crippen LogP contribution >= 0.6 is 0 Å². The second-order valence-corrected chi connectivity index (χ2v) is 5.72. The lowest BCUT2D eigenvalue weighted by Crippen LogP contribution is -2.63. The summed E-state index contributed by atoms with van der Waals surface area (Å²) >= 11 is 0. The Kier molecular flexibility index (Phi) is 2.10. The largest absolute Gasteiger partial charge is 0.393 e. The predicted molar refractivity (Wildman–Crippen MR) is 56.1 cm³/mol. The van der Waals surface area contributed by atoms with E-state index in [-0.39, 0.29) is 6.10 Å². The Balaban J connectivity index is 1.49. The molecule has 3 aliphatic rings. The lowest BCUT2D eigenvalue weighted by Gasteiger charge is -2.59. The SMILES string of the molecule is OC1CCC(N2CC3(CCC3)C2)CC1. The number of aliphatic hydroxyl groups is 1. The third-order valence-electron chi connectivity index (χ3n) is 4.67. The molecular formula is C12H21NO. The quantitative estimate of drug-likeness (QED) is 0.689. The molecule has 2 saturated carbocycles. The molecule has 0 amide bonds. The maximum absolute atomic E-state index is 9.44. The third kappa shape index (κ3) is 1.40. The van der Waals surface area contributed by atoms with E-state index in [1.807, 2.05) is 0 Å². The lowest BCUT2D eigenvalue weighted by atomic mass is 9.63. The van der Waals surface area contributed by atoms with Gasteiger partial charge in [0.15, 0.2) is 0 Å². The molecule has 1 spiro atoms. The molecule has 0 atom stereocenters. The minimum atomic E-state index is 0.00481. The number of nitrogens with zero attached hydrogens (tertiary/aromatic N) is 1. The molecule has 2 heteroatoms. The van der Waals surface area contributed by atoms with Gasteiger partial charge in [-0.25, -0.2) is 0 Å². The standard InChI is InChI=1S/C12H21NO/c14-11-4-2-10(3-5-11)13-8-12(9-13)6-1-7-12/h10-11,14H,1-9H2. The highest BCUT2D eigenvalue weighted by Crippen LogP contribution is 2.49. The molecule has 2 aliphatic carbocycles. The molecule has 0 aromatic rings. The normalized spacial score (nSPS) is 41.8. The van der Waals surface area contributed by atoms with E-state index >= 15 is 0 Å². The molecule has 2 nitrogen and oxygen atoms in total. The van der Waals surface area contributed by atoms with Gasteiger partial charge < -0.3 is 5.11 Å². The van der Waals surface area contributed by atoms with Crippen LogP contribution in [0.5, 0.6) is 0 Å². The van der Waals surface area contributed by atoms with Gasteiger partial charge in [-0.2, -0.15) is 0 Å². The fraction of sp³-hybridized carbons (Fsp3) is 1.00. The van der Waals surface area contributed by atoms with Crippen molar-refractivity contribution in [3.63, 3.8) is 0 Å². The van der Waals surface area contributed by atoms with Crippen molar-refractivity contribution < 1.29 is 5.11 Å². The fourth-order valence-electron chi connectivity index (χ4n) is 3.49. The minimum absolute atomic E-state index is 0.00481. The molecule has 0 aromatic heterocycles. The molecule has 3 rings (SSSR count). The van der Waals surface area contributed by atoms with Crippen LogP contribution in [0.25, 0.3) is 0 Å². The van der Waals surface area contributed by atoms with Crippen LogP contribution < -0.4 is 0 Å². The summed E-state index contributed by atoms with van der Waals surface area (Å²) in [6.07, 6.45) is 8.98. The van der Waals surface area contributed by atoms with Crippen molar-refractivity contribution in [1.29, 1.82) is 0 Å². The van der Waals surface area contributed by atoms with Gasteiger partial charge in [-0.3, -0.25) is 4.90 Å². The summed E-state index contributed by atoms with van der Waals surface area (Å²) in [4.78, 5) is 2.67. The molecule has 0 unspecified atom stereocenters. The van der Waals surface area contributed by atoms with Crippen LogP contribution in [0.3, 0.4) is 0 Å². The first-order valence-corrected chi connectivity index (χ1v) is 6.20. The van der Waals surface area contributed by atoms with Crippen molar-refractivity contribution in [2.24, 2.45) is 5.41 Å². The van der Waals surface area contributed by atoms with Crippen LogP contribution in [0, 0.1) is 5.41 Å². The number of rotatable bonds is 1. The van der Waals surface area contributed by atoms with Crippen LogP contribution in [0.4, 0.5) is 0 Å². The maximum atomic E-state index is 9.44. The number of aliphatic hydroxyl groups excluding tert-OH is 1. The van der Waals surface area contributed by atoms with Crippen molar-refractivity contribution in [2.45, 2.75) is 57.1 Å². The van der Waals surface area contributed by atoms with Crippen LogP contribution in [-0.2, 0) is 0 Å². The van der Waals surface area contributed by atoms with Crippen molar-refractivity contribution in [1.82, 2.24) is 4.90 Å². The van der Waals surface area contributed by atoms with Crippen LogP contribution in [0.15, 0.2) is 0 Å². The first-order valence-electron chi connectivity index (χ1n) is 6.20. The maximum Gasteiger partial charge on any atom is 0.0541 e. The molecule has 0 aromatic carbocycles. The summed E-state index contributed by atoms with van der Waals surface area (Å²) in [5, 5.41) is 9.44. The first kappa shape index (κ1) is 9.17. The van der Waals surface area contributed by atoms with Crippen molar-refractivity contribution in [3.05, 3.63) is 0 Å². The number of likely N-dealkylation sites (tertiary alicyclic amines) is 1. The van der Waals surface area contributed by atoms with Gasteiger partial charge in [0.2, 0.25) is 0 Å². The molecule has 1 saturated heterocycles. The van der Waals surface area contributed by atoms with Gasteiger partial charge in [0.05, 0.1) is 6.10 Å². The number of hydrogen-bond donors (Lipinski definition) is 1. The Morgan fingerprint density at radius 1 is 1.00 bits per heavy atom. The van der Waals surface area contributed by atoms with Gasteiger partial charge in [-0.1, -0.05) is 6.42 Å². The predicted octanol–water partition coefficient (Wildman–Crippen LogP) is 1.78. The van der Waals surface area contributed by atoms with Crippen LogP contribution in [-0.4, -0.2) is 35.2 Å². The molecule has 0 bridgehead atoms. The summed E-state index contributed by atoms with van der Waals surface area (Å²) in [6, 6.07) is 0.810. The van der Waals surface area contributed by atoms with Crippen molar-refractivity contribution >= 4 is 0 Å². The highest BCUT2D eigenvalue weighted by atomic mass is 16.3. The smallest absolute Gasteiger partial charge is 0.0541 e. The third-order valence-corrected chi connectivity index (χ3v) is 4.67. The topological polar surface area (TPSA) is 23.5 Å². The highest BCUT2D eigenvalue weighted by Gasteiger charge is 2.49. The van der Waals surface area contributed by atoms with Gasteiger partial charge >= 0.3 is 0 Å². The molecule has 1 aliphatic heterocycles. The van der Waals surface area contributed by atoms with E-state index in [0.29, 0.717) is 0 Å². The van der Waals surface area contributed by atoms with Crippen LogP contribution in [0.1, 0.15) is 44.9 Å². The van der Waals surface area contributed by atoms with Gasteiger partial charge in [0, 0.05) is 19.1 Å². The second kappa shape index (κ2) is 3.21. The summed E-state index contributed by atoms with van der Waals surface area (Å²) in [5.74, 6) is 0. The Morgan fingerprint density at radius 2 is 1.64 bits per heavy atom. The fourth-order valence-corrected chi connectivity index (χ4v) is 3.49. The van der Waals surface area contributed by atoms with E-state index in [1.165, 1.54) is 45.2 Å². The minimum Gasteiger partial charge on any atom is -0.393 e. The zero-order valence-corrected chi connectivity index (χ0v) is 8.91. The summed E-state index contributed by atoms with van der Waals surface area (Å²) < 4.78 is 0. The van der Waals surface area contributed by atoms with E-state index < -0.39 is 0 Å². The summed E-state index contributed by atoms with van der Waals surface area (Å²) in [7, 11) is 0. The van der Waals surface area contributed by atoms with E-state index in [1.54, 1.807) is 0 Å². The molecule has 14 heavy (non-hydrogen) atoms. The molecule has 1 N–H and O–H groups in total. The van der Waals surface area contributed by atoms with E-state index in [4.69, 9.17) is 0 Å². The van der Waals surface area contributed by atoms with E-state index in [2.05, 4.69) is 4.90 Å². The molecule has 3 fully saturated rings. The lowest BCUT2D eigenvalue weighted by molar-refractivity contribution is -0.0946. The Labute approximate surface area is 86.3 Å². The average molecular weight is 195 g/mol. The summed E-state index contributed by atoms with van der Waals surface area (Å²) in [6.45, 7) is 2.74. The zero-order chi connectivity index (χ0) is 9.60. The Hall–Kier alpha value is -0.0800. The van der Waals surface area contributed by atoms with Gasteiger partial charge in [-0.05, 0) is 43.9 Å². The zero-order valence-electron chi connectivity index (χ0n) is 8.91. The second-order valence-electron chi connectivity index (χ2n) is 5.72. The summed E-state index contributed by atoms with van der Waals surface area (Å²) in [5.41, 5.74) is 0.774. The molecular weight excluding hydrogens is 174 g/mol. The number of hydrogen-bond acceptors (Lipinski definition) is 2.